The lowest BCUT2D eigenvalue weighted by molar-refractivity contribution is -0.706. The van der Waals surface area contributed by atoms with Gasteiger partial charge in [0, 0.05) is 12.1 Å². The summed E-state index contributed by atoms with van der Waals surface area (Å²) < 4.78 is 4.54. The third-order valence-corrected chi connectivity index (χ3v) is 4.40. The Bertz CT molecular complexity index is 516. The van der Waals surface area contributed by atoms with E-state index in [1.165, 1.54) is 5.16 Å². The maximum atomic E-state index is 6.10. The van der Waals surface area contributed by atoms with Crippen LogP contribution in [0.1, 0.15) is 13.8 Å². The molecule has 2 rings (SSSR count). The number of halogens is 2. The minimum absolute atomic E-state index is 0.613. The molecule has 0 aliphatic heterocycles. The highest BCUT2D eigenvalue weighted by atomic mass is 35.5. The van der Waals surface area contributed by atoms with Crippen LogP contribution in [0.3, 0.4) is 0 Å². The van der Waals surface area contributed by atoms with Crippen LogP contribution in [0.2, 0.25) is 10.0 Å². The Morgan fingerprint density at radius 3 is 2.41 bits per heavy atom. The van der Waals surface area contributed by atoms with E-state index < -0.39 is 0 Å². The number of aromatic nitrogens is 2. The molecule has 0 bridgehead atoms. The first kappa shape index (κ1) is 13.1. The van der Waals surface area contributed by atoms with E-state index in [0.29, 0.717) is 10.0 Å². The third-order valence-electron chi connectivity index (χ3n) is 2.88. The Morgan fingerprint density at radius 1 is 1.24 bits per heavy atom. The number of benzene rings is 1. The van der Waals surface area contributed by atoms with E-state index >= 15 is 0 Å². The normalized spacial score (nSPS) is 11.4. The highest BCUT2D eigenvalue weighted by Gasteiger charge is 2.23. The van der Waals surface area contributed by atoms with Gasteiger partial charge in [-0.15, -0.1) is 0 Å². The molecule has 1 aromatic carbocycles. The van der Waals surface area contributed by atoms with Crippen molar-refractivity contribution >= 4 is 46.0 Å². The van der Waals surface area contributed by atoms with Gasteiger partial charge in [-0.2, -0.15) is 0 Å². The Balaban J connectivity index is 2.88. The fraction of sp³-hybridized carbons (Fsp3) is 0.417. The van der Waals surface area contributed by atoms with E-state index in [1.54, 1.807) is 11.8 Å². The zero-order chi connectivity index (χ0) is 12.6. The van der Waals surface area contributed by atoms with Gasteiger partial charge >= 0.3 is 5.16 Å². The molecule has 0 radical (unpaired) electrons. The molecule has 17 heavy (non-hydrogen) atoms. The van der Waals surface area contributed by atoms with E-state index in [4.69, 9.17) is 23.2 Å². The number of hydrogen-bond donors (Lipinski definition) is 0. The Morgan fingerprint density at radius 2 is 1.88 bits per heavy atom. The van der Waals surface area contributed by atoms with Crippen LogP contribution < -0.4 is 4.57 Å². The number of aryl methyl sites for hydroxylation is 2. The molecule has 0 fully saturated rings. The molecule has 1 heterocycles. The number of rotatable bonds is 3. The van der Waals surface area contributed by atoms with Gasteiger partial charge < -0.3 is 0 Å². The molecule has 0 aliphatic rings. The smallest absolute Gasteiger partial charge is 0.218 e. The van der Waals surface area contributed by atoms with Crippen molar-refractivity contribution in [1.82, 2.24) is 4.57 Å². The van der Waals surface area contributed by atoms with Crippen molar-refractivity contribution in [1.29, 1.82) is 0 Å². The van der Waals surface area contributed by atoms with E-state index in [2.05, 4.69) is 29.2 Å². The predicted molar refractivity (Wildman–Crippen MR) is 75.3 cm³/mol. The van der Waals surface area contributed by atoms with Gasteiger partial charge in [0.05, 0.1) is 23.1 Å². The molecule has 2 aromatic rings. The zero-order valence-corrected chi connectivity index (χ0v) is 12.5. The summed E-state index contributed by atoms with van der Waals surface area (Å²) in [5.74, 6) is 0. The van der Waals surface area contributed by atoms with Crippen molar-refractivity contribution in [3.63, 3.8) is 0 Å². The summed E-state index contributed by atoms with van der Waals surface area (Å²) in [7, 11) is 0. The highest BCUT2D eigenvalue weighted by molar-refractivity contribution is 7.98. The number of imidazole rings is 1. The Hall–Kier alpha value is -0.380. The fourth-order valence-corrected chi connectivity index (χ4v) is 3.35. The number of thioether (sulfide) groups is 1. The van der Waals surface area contributed by atoms with Gasteiger partial charge in [-0.3, -0.25) is 0 Å². The first-order valence-corrected chi connectivity index (χ1v) is 7.57. The first-order valence-electron chi connectivity index (χ1n) is 5.59. The van der Waals surface area contributed by atoms with Crippen LogP contribution in [-0.2, 0) is 13.1 Å². The highest BCUT2D eigenvalue weighted by Crippen LogP contribution is 2.29. The standard InChI is InChI=1S/C12H15Cl2N2S/c1-4-15-10-6-8(13)9(14)7-11(10)16(5-2)12(15)17-3/h6-7H,4-5H2,1-3H3/q+1. The van der Waals surface area contributed by atoms with Crippen LogP contribution >= 0.6 is 35.0 Å². The van der Waals surface area contributed by atoms with E-state index in [1.807, 2.05) is 12.1 Å². The Kier molecular flexibility index (Phi) is 3.91. The van der Waals surface area contributed by atoms with Crippen molar-refractivity contribution in [2.75, 3.05) is 6.26 Å². The third kappa shape index (κ3) is 2.05. The summed E-state index contributed by atoms with van der Waals surface area (Å²) in [6.07, 6.45) is 2.09. The van der Waals surface area contributed by atoms with Crippen LogP contribution in [0, 0.1) is 0 Å². The Labute approximate surface area is 116 Å². The predicted octanol–water partition coefficient (Wildman–Crippen LogP) is 4.00. The summed E-state index contributed by atoms with van der Waals surface area (Å²) >= 11 is 14.0. The molecule has 92 valence electrons. The van der Waals surface area contributed by atoms with Gasteiger partial charge in [-0.1, -0.05) is 23.2 Å². The number of fused-ring (bicyclic) bond motifs is 1. The minimum atomic E-state index is 0.613. The molecule has 0 atom stereocenters. The van der Waals surface area contributed by atoms with E-state index in [9.17, 15) is 0 Å². The summed E-state index contributed by atoms with van der Waals surface area (Å²) in [5, 5.41) is 2.47. The SMILES string of the molecule is CCn1c(SC)[n+](CC)c2cc(Cl)c(Cl)cc21. The zero-order valence-electron chi connectivity index (χ0n) is 10.1. The van der Waals surface area contributed by atoms with Gasteiger partial charge in [-0.25, -0.2) is 9.13 Å². The molecule has 0 saturated heterocycles. The quantitative estimate of drug-likeness (QED) is 0.613. The lowest BCUT2D eigenvalue weighted by Gasteiger charge is -1.97. The molecule has 1 aromatic heterocycles. The molecule has 0 amide bonds. The van der Waals surface area contributed by atoms with Crippen LogP contribution in [0.5, 0.6) is 0 Å². The molecule has 0 N–H and O–H groups in total. The van der Waals surface area contributed by atoms with Crippen molar-refractivity contribution in [3.8, 4) is 0 Å². The summed E-state index contributed by atoms with van der Waals surface area (Å²) in [6.45, 7) is 6.14. The minimum Gasteiger partial charge on any atom is -0.218 e. The second-order valence-corrected chi connectivity index (χ2v) is 5.32. The number of hydrogen-bond acceptors (Lipinski definition) is 1. The fourth-order valence-electron chi connectivity index (χ4n) is 2.14. The van der Waals surface area contributed by atoms with Crippen molar-refractivity contribution in [3.05, 3.63) is 22.2 Å². The maximum Gasteiger partial charge on any atom is 0.318 e. The maximum absolute atomic E-state index is 6.10. The van der Waals surface area contributed by atoms with E-state index in [-0.39, 0.29) is 0 Å². The van der Waals surface area contributed by atoms with Crippen molar-refractivity contribution in [2.45, 2.75) is 32.1 Å². The average molecular weight is 290 g/mol. The molecule has 0 spiro atoms. The molecular formula is C12H15Cl2N2S+. The molecule has 0 unspecified atom stereocenters. The van der Waals surface area contributed by atoms with Gasteiger partial charge in [0.2, 0.25) is 0 Å². The first-order chi connectivity index (χ1) is 8.13. The van der Waals surface area contributed by atoms with Gasteiger partial charge in [0.1, 0.15) is 0 Å². The molecule has 0 aliphatic carbocycles. The second kappa shape index (κ2) is 5.09. The molecule has 5 heteroatoms. The number of nitrogens with zero attached hydrogens (tertiary/aromatic N) is 2. The second-order valence-electron chi connectivity index (χ2n) is 3.73. The van der Waals surface area contributed by atoms with Crippen molar-refractivity contribution in [2.24, 2.45) is 0 Å². The van der Waals surface area contributed by atoms with Gasteiger partial charge in [-0.05, 0) is 31.9 Å². The van der Waals surface area contributed by atoms with Gasteiger partial charge in [0.15, 0.2) is 11.0 Å². The summed E-state index contributed by atoms with van der Waals surface area (Å²) in [6, 6.07) is 3.91. The van der Waals surface area contributed by atoms with Crippen LogP contribution in [0.25, 0.3) is 11.0 Å². The van der Waals surface area contributed by atoms with Crippen LogP contribution in [-0.4, -0.2) is 10.8 Å². The molecule has 2 nitrogen and oxygen atoms in total. The topological polar surface area (TPSA) is 8.81 Å². The van der Waals surface area contributed by atoms with Crippen molar-refractivity contribution < 1.29 is 4.57 Å². The monoisotopic (exact) mass is 289 g/mol. The van der Waals surface area contributed by atoms with Crippen LogP contribution in [0.15, 0.2) is 17.3 Å². The lowest BCUT2D eigenvalue weighted by Crippen LogP contribution is -2.34. The summed E-state index contributed by atoms with van der Waals surface area (Å²) in [5.41, 5.74) is 2.29. The van der Waals surface area contributed by atoms with E-state index in [0.717, 1.165) is 24.1 Å². The largest absolute Gasteiger partial charge is 0.318 e. The lowest BCUT2D eigenvalue weighted by atomic mass is 10.3. The van der Waals surface area contributed by atoms with Gasteiger partial charge in [0.25, 0.3) is 0 Å². The van der Waals surface area contributed by atoms with Crippen LogP contribution in [0.4, 0.5) is 0 Å². The summed E-state index contributed by atoms with van der Waals surface area (Å²) in [4.78, 5) is 0. The average Bonchev–Trinajstić information content (AvgIpc) is 2.62. The molecular weight excluding hydrogens is 275 g/mol. The molecule has 0 saturated carbocycles.